The highest BCUT2D eigenvalue weighted by molar-refractivity contribution is 7.92. The fourth-order valence-corrected chi connectivity index (χ4v) is 3.13. The molecule has 0 bridgehead atoms. The lowest BCUT2D eigenvalue weighted by molar-refractivity contribution is -0.385. The number of rotatable bonds is 5. The standard InChI is InChI=1S/C12H10ClN3O5S/c1-21-10-5-4-8(16(17)18)7-11(10)22(19,20)15-9-3-2-6-14-12(9)13/h2-7,15H,1H3. The maximum Gasteiger partial charge on any atom is 0.271 e. The van der Waals surface area contributed by atoms with E-state index >= 15 is 0 Å². The summed E-state index contributed by atoms with van der Waals surface area (Å²) in [7, 11) is -2.88. The van der Waals surface area contributed by atoms with E-state index in [-0.39, 0.29) is 27.2 Å². The van der Waals surface area contributed by atoms with Gasteiger partial charge in [0, 0.05) is 18.3 Å². The number of nitro benzene ring substituents is 1. The maximum atomic E-state index is 12.4. The Hall–Kier alpha value is -2.39. The number of ether oxygens (including phenoxy) is 1. The lowest BCUT2D eigenvalue weighted by Crippen LogP contribution is -2.15. The molecule has 1 heterocycles. The minimum Gasteiger partial charge on any atom is -0.495 e. The molecule has 0 fully saturated rings. The van der Waals surface area contributed by atoms with Gasteiger partial charge in [0.25, 0.3) is 15.7 Å². The Kier molecular flexibility index (Phi) is 4.48. The number of nitro groups is 1. The van der Waals surface area contributed by atoms with E-state index in [2.05, 4.69) is 9.71 Å². The minimum absolute atomic E-state index is 0.0295. The van der Waals surface area contributed by atoms with Crippen LogP contribution in [-0.2, 0) is 10.0 Å². The fraction of sp³-hybridized carbons (Fsp3) is 0.0833. The molecular weight excluding hydrogens is 334 g/mol. The zero-order valence-electron chi connectivity index (χ0n) is 11.2. The van der Waals surface area contributed by atoms with Crippen LogP contribution in [0.2, 0.25) is 5.15 Å². The molecule has 0 aliphatic carbocycles. The van der Waals surface area contributed by atoms with Crippen molar-refractivity contribution in [2.24, 2.45) is 0 Å². The molecule has 0 aliphatic heterocycles. The number of hydrogen-bond donors (Lipinski definition) is 1. The first kappa shape index (κ1) is 16.0. The molecule has 0 amide bonds. The normalized spacial score (nSPS) is 11.0. The second kappa shape index (κ2) is 6.16. The Morgan fingerprint density at radius 3 is 2.68 bits per heavy atom. The molecule has 0 unspecified atom stereocenters. The SMILES string of the molecule is COc1ccc([N+](=O)[O-])cc1S(=O)(=O)Nc1cccnc1Cl. The summed E-state index contributed by atoms with van der Waals surface area (Å²) >= 11 is 5.80. The summed E-state index contributed by atoms with van der Waals surface area (Å²) in [6, 6.07) is 6.17. The van der Waals surface area contributed by atoms with Crippen LogP contribution in [0, 0.1) is 10.1 Å². The topological polar surface area (TPSA) is 111 Å². The summed E-state index contributed by atoms with van der Waals surface area (Å²) in [4.78, 5) is 13.5. The number of sulfonamides is 1. The second-order valence-electron chi connectivity index (χ2n) is 4.04. The Morgan fingerprint density at radius 1 is 1.36 bits per heavy atom. The highest BCUT2D eigenvalue weighted by Gasteiger charge is 2.24. The summed E-state index contributed by atoms with van der Waals surface area (Å²) in [6.07, 6.45) is 1.40. The number of anilines is 1. The van der Waals surface area contributed by atoms with E-state index in [1.165, 1.54) is 31.5 Å². The van der Waals surface area contributed by atoms with E-state index in [1.54, 1.807) is 0 Å². The number of methoxy groups -OCH3 is 1. The third kappa shape index (κ3) is 3.26. The molecule has 1 aromatic heterocycles. The van der Waals surface area contributed by atoms with Crippen LogP contribution in [0.3, 0.4) is 0 Å². The van der Waals surface area contributed by atoms with Crippen molar-refractivity contribution in [1.82, 2.24) is 4.98 Å². The molecule has 8 nitrogen and oxygen atoms in total. The third-order valence-electron chi connectivity index (χ3n) is 2.65. The van der Waals surface area contributed by atoms with Gasteiger partial charge in [-0.1, -0.05) is 11.6 Å². The van der Waals surface area contributed by atoms with Crippen LogP contribution < -0.4 is 9.46 Å². The molecule has 1 N–H and O–H groups in total. The molecule has 0 aliphatic rings. The molecule has 2 rings (SSSR count). The van der Waals surface area contributed by atoms with Crippen LogP contribution in [0.5, 0.6) is 5.75 Å². The molecule has 0 radical (unpaired) electrons. The van der Waals surface area contributed by atoms with Crippen molar-refractivity contribution in [2.45, 2.75) is 4.90 Å². The van der Waals surface area contributed by atoms with Crippen LogP contribution >= 0.6 is 11.6 Å². The number of halogens is 1. The number of aromatic nitrogens is 1. The molecule has 0 atom stereocenters. The first-order valence-electron chi connectivity index (χ1n) is 5.81. The fourth-order valence-electron chi connectivity index (χ4n) is 1.65. The van der Waals surface area contributed by atoms with Crippen molar-refractivity contribution >= 4 is 33.0 Å². The molecule has 116 valence electrons. The first-order valence-corrected chi connectivity index (χ1v) is 7.67. The highest BCUT2D eigenvalue weighted by Crippen LogP contribution is 2.30. The zero-order chi connectivity index (χ0) is 16.3. The van der Waals surface area contributed by atoms with Crippen molar-refractivity contribution in [3.63, 3.8) is 0 Å². The van der Waals surface area contributed by atoms with Crippen molar-refractivity contribution in [3.05, 3.63) is 51.8 Å². The Labute approximate surface area is 130 Å². The van der Waals surface area contributed by atoms with E-state index in [0.29, 0.717) is 0 Å². The predicted octanol–water partition coefficient (Wildman–Crippen LogP) is 2.45. The molecule has 22 heavy (non-hydrogen) atoms. The Morgan fingerprint density at radius 2 is 2.09 bits per heavy atom. The van der Waals surface area contributed by atoms with Gasteiger partial charge < -0.3 is 4.74 Å². The zero-order valence-corrected chi connectivity index (χ0v) is 12.8. The molecule has 0 spiro atoms. The van der Waals surface area contributed by atoms with Crippen molar-refractivity contribution in [3.8, 4) is 5.75 Å². The van der Waals surface area contributed by atoms with Gasteiger partial charge in [-0.25, -0.2) is 13.4 Å². The summed E-state index contributed by atoms with van der Waals surface area (Å²) in [5.74, 6) is -0.0295. The highest BCUT2D eigenvalue weighted by atomic mass is 35.5. The summed E-state index contributed by atoms with van der Waals surface area (Å²) in [6.45, 7) is 0. The summed E-state index contributed by atoms with van der Waals surface area (Å²) in [5.41, 5.74) is -0.323. The largest absolute Gasteiger partial charge is 0.495 e. The molecule has 10 heteroatoms. The molecule has 2 aromatic rings. The number of benzene rings is 1. The Balaban J connectivity index is 2.51. The number of hydrogen-bond acceptors (Lipinski definition) is 6. The van der Waals surface area contributed by atoms with E-state index in [0.717, 1.165) is 12.1 Å². The van der Waals surface area contributed by atoms with Crippen LogP contribution in [-0.4, -0.2) is 25.4 Å². The average molecular weight is 344 g/mol. The number of non-ortho nitro benzene ring substituents is 1. The van der Waals surface area contributed by atoms with Gasteiger partial charge >= 0.3 is 0 Å². The van der Waals surface area contributed by atoms with Gasteiger partial charge in [-0.3, -0.25) is 14.8 Å². The smallest absolute Gasteiger partial charge is 0.271 e. The van der Waals surface area contributed by atoms with Crippen LogP contribution in [0.4, 0.5) is 11.4 Å². The number of nitrogens with zero attached hydrogens (tertiary/aromatic N) is 2. The van der Waals surface area contributed by atoms with E-state index in [4.69, 9.17) is 16.3 Å². The number of nitrogens with one attached hydrogen (secondary N) is 1. The van der Waals surface area contributed by atoms with Gasteiger partial charge in [-0.2, -0.15) is 0 Å². The van der Waals surface area contributed by atoms with E-state index in [9.17, 15) is 18.5 Å². The summed E-state index contributed by atoms with van der Waals surface area (Å²) < 4.78 is 32.0. The molecule has 0 saturated carbocycles. The van der Waals surface area contributed by atoms with Crippen LogP contribution in [0.25, 0.3) is 0 Å². The van der Waals surface area contributed by atoms with Crippen molar-refractivity contribution < 1.29 is 18.1 Å². The van der Waals surface area contributed by atoms with E-state index < -0.39 is 14.9 Å². The predicted molar refractivity (Wildman–Crippen MR) is 79.7 cm³/mol. The van der Waals surface area contributed by atoms with Gasteiger partial charge in [0.2, 0.25) is 0 Å². The summed E-state index contributed by atoms with van der Waals surface area (Å²) in [5, 5.41) is 10.8. The maximum absolute atomic E-state index is 12.4. The van der Waals surface area contributed by atoms with Gasteiger partial charge in [-0.15, -0.1) is 0 Å². The average Bonchev–Trinajstić information content (AvgIpc) is 2.48. The van der Waals surface area contributed by atoms with Gasteiger partial charge in [0.1, 0.15) is 10.6 Å². The van der Waals surface area contributed by atoms with E-state index in [1.807, 2.05) is 0 Å². The van der Waals surface area contributed by atoms with Gasteiger partial charge in [-0.05, 0) is 18.2 Å². The van der Waals surface area contributed by atoms with Gasteiger partial charge in [0.15, 0.2) is 5.15 Å². The van der Waals surface area contributed by atoms with Crippen LogP contribution in [0.15, 0.2) is 41.4 Å². The van der Waals surface area contributed by atoms with Crippen molar-refractivity contribution in [1.29, 1.82) is 0 Å². The lowest BCUT2D eigenvalue weighted by Gasteiger charge is -2.11. The number of pyridine rings is 1. The van der Waals surface area contributed by atoms with Crippen LogP contribution in [0.1, 0.15) is 0 Å². The second-order valence-corrected chi connectivity index (χ2v) is 6.05. The van der Waals surface area contributed by atoms with Crippen molar-refractivity contribution in [2.75, 3.05) is 11.8 Å². The Bertz CT molecular complexity index is 825. The monoisotopic (exact) mass is 343 g/mol. The van der Waals surface area contributed by atoms with Gasteiger partial charge in [0.05, 0.1) is 17.7 Å². The first-order chi connectivity index (χ1) is 10.3. The molecular formula is C12H10ClN3O5S. The minimum atomic E-state index is -4.14. The quantitative estimate of drug-likeness (QED) is 0.507. The third-order valence-corrected chi connectivity index (χ3v) is 4.34. The molecule has 1 aromatic carbocycles. The molecule has 0 saturated heterocycles. The lowest BCUT2D eigenvalue weighted by atomic mass is 10.3.